The van der Waals surface area contributed by atoms with Gasteiger partial charge in [-0.2, -0.15) is 0 Å². The molecule has 0 fully saturated rings. The lowest BCUT2D eigenvalue weighted by Crippen LogP contribution is -2.41. The number of rotatable bonds is 7. The van der Waals surface area contributed by atoms with Crippen molar-refractivity contribution < 1.29 is 19.1 Å². The van der Waals surface area contributed by atoms with Gasteiger partial charge >= 0.3 is 12.1 Å². The lowest BCUT2D eigenvalue weighted by atomic mass is 9.90. The molecule has 0 spiro atoms. The Balaban J connectivity index is 3.14. The summed E-state index contributed by atoms with van der Waals surface area (Å²) >= 11 is 0. The van der Waals surface area contributed by atoms with Gasteiger partial charge in [0.2, 0.25) is 0 Å². The van der Waals surface area contributed by atoms with Crippen molar-refractivity contribution in [2.24, 2.45) is 11.8 Å². The van der Waals surface area contributed by atoms with Crippen molar-refractivity contribution in [3.8, 4) is 0 Å². The maximum absolute atomic E-state index is 12.7. The van der Waals surface area contributed by atoms with Crippen molar-refractivity contribution in [3.63, 3.8) is 0 Å². The van der Waals surface area contributed by atoms with E-state index in [-0.39, 0.29) is 17.9 Å². The largest absolute Gasteiger partial charge is 0.460 e. The number of nitrogens with one attached hydrogen (secondary N) is 1. The van der Waals surface area contributed by atoms with Crippen molar-refractivity contribution in [1.29, 1.82) is 0 Å². The predicted molar refractivity (Wildman–Crippen MR) is 121 cm³/mol. The van der Waals surface area contributed by atoms with Crippen LogP contribution in [0.3, 0.4) is 0 Å². The molecule has 0 saturated carbocycles. The van der Waals surface area contributed by atoms with Crippen molar-refractivity contribution >= 4 is 12.1 Å². The van der Waals surface area contributed by atoms with Gasteiger partial charge in [0.15, 0.2) is 0 Å². The maximum atomic E-state index is 12.7. The van der Waals surface area contributed by atoms with E-state index in [0.29, 0.717) is 6.42 Å². The number of carbonyl (C=O) groups excluding carboxylic acids is 2. The molecule has 0 heterocycles. The summed E-state index contributed by atoms with van der Waals surface area (Å²) in [6.07, 6.45) is 2.04. The quantitative estimate of drug-likeness (QED) is 0.458. The molecule has 1 rings (SSSR count). The van der Waals surface area contributed by atoms with E-state index in [0.717, 1.165) is 11.1 Å². The summed E-state index contributed by atoms with van der Waals surface area (Å²) in [6, 6.07) is 9.63. The van der Waals surface area contributed by atoms with Crippen LogP contribution in [0.5, 0.6) is 0 Å². The van der Waals surface area contributed by atoms with Gasteiger partial charge in [0.05, 0.1) is 12.0 Å². The summed E-state index contributed by atoms with van der Waals surface area (Å²) in [6.45, 7) is 17.0. The molecule has 30 heavy (non-hydrogen) atoms. The monoisotopic (exact) mass is 417 g/mol. The Morgan fingerprint density at radius 2 is 1.50 bits per heavy atom. The van der Waals surface area contributed by atoms with E-state index in [1.807, 2.05) is 98.7 Å². The summed E-state index contributed by atoms with van der Waals surface area (Å²) in [5, 5.41) is 2.97. The van der Waals surface area contributed by atoms with Crippen molar-refractivity contribution in [2.75, 3.05) is 0 Å². The van der Waals surface area contributed by atoms with Crippen LogP contribution in [0.15, 0.2) is 42.0 Å². The maximum Gasteiger partial charge on any atom is 0.408 e. The predicted octanol–water partition coefficient (Wildman–Crippen LogP) is 5.68. The number of esters is 1. The Hall–Kier alpha value is -2.30. The molecule has 0 saturated heterocycles. The van der Waals surface area contributed by atoms with Crippen LogP contribution < -0.4 is 5.32 Å². The molecule has 0 aliphatic rings. The lowest BCUT2D eigenvalue weighted by Gasteiger charge is -2.27. The minimum Gasteiger partial charge on any atom is -0.460 e. The van der Waals surface area contributed by atoms with E-state index in [2.05, 4.69) is 5.32 Å². The molecule has 1 amide bonds. The molecule has 0 bridgehead atoms. The molecule has 0 aromatic heterocycles. The number of amides is 1. The number of carbonyl (C=O) groups is 2. The Labute approximate surface area is 182 Å². The molecule has 5 nitrogen and oxygen atoms in total. The molecule has 168 valence electrons. The number of hydrogen-bond donors (Lipinski definition) is 1. The van der Waals surface area contributed by atoms with Gasteiger partial charge in [-0.05, 0) is 66.4 Å². The van der Waals surface area contributed by atoms with Crippen molar-refractivity contribution in [2.45, 2.75) is 86.0 Å². The highest BCUT2D eigenvalue weighted by Crippen LogP contribution is 2.22. The van der Waals surface area contributed by atoms with Crippen molar-refractivity contribution in [3.05, 3.63) is 47.5 Å². The third kappa shape index (κ3) is 9.95. The molecule has 0 radical (unpaired) electrons. The molecule has 1 N–H and O–H groups in total. The number of alkyl carbamates (subject to hydrolysis) is 1. The third-order valence-corrected chi connectivity index (χ3v) is 4.36. The number of ether oxygens (including phenoxy) is 2. The van der Waals surface area contributed by atoms with Crippen LogP contribution in [0.25, 0.3) is 0 Å². The van der Waals surface area contributed by atoms with Gasteiger partial charge in [-0.25, -0.2) is 4.79 Å². The van der Waals surface area contributed by atoms with E-state index in [1.54, 1.807) is 0 Å². The second-order valence-electron chi connectivity index (χ2n) is 10.1. The molecule has 1 aromatic rings. The second kappa shape index (κ2) is 10.6. The Morgan fingerprint density at radius 1 is 0.967 bits per heavy atom. The molecule has 0 aliphatic carbocycles. The molecule has 5 heteroatoms. The van der Waals surface area contributed by atoms with Crippen LogP contribution in [-0.2, 0) is 20.7 Å². The first kappa shape index (κ1) is 25.7. The highest BCUT2D eigenvalue weighted by atomic mass is 16.6. The second-order valence-corrected chi connectivity index (χ2v) is 10.1. The minimum absolute atomic E-state index is 0.0636. The highest BCUT2D eigenvalue weighted by Gasteiger charge is 2.28. The molecule has 2 atom stereocenters. The Kier molecular flexibility index (Phi) is 9.13. The Morgan fingerprint density at radius 3 is 1.97 bits per heavy atom. The van der Waals surface area contributed by atoms with E-state index in [4.69, 9.17) is 9.47 Å². The van der Waals surface area contributed by atoms with Gasteiger partial charge in [-0.1, -0.05) is 55.8 Å². The fraction of sp³-hybridized carbons (Fsp3) is 0.600. The minimum atomic E-state index is -0.587. The standard InChI is InChI=1S/C25H39NO4/c1-17(2)20(22(27)29-24(4,5)6)15-18(3)21(16-19-13-11-10-12-14-19)26-23(28)30-25(7,8)9/h10-15,17,20-21H,16H2,1-9H3,(H,26,28)/b18-15+/t20-,21+/m0/s1. The molecule has 0 unspecified atom stereocenters. The van der Waals surface area contributed by atoms with Crippen LogP contribution in [0, 0.1) is 11.8 Å². The summed E-state index contributed by atoms with van der Waals surface area (Å²) in [4.78, 5) is 25.2. The Bertz CT molecular complexity index is 724. The summed E-state index contributed by atoms with van der Waals surface area (Å²) in [7, 11) is 0. The zero-order valence-corrected chi connectivity index (χ0v) is 20.0. The molecule has 1 aromatic carbocycles. The van der Waals surface area contributed by atoms with Gasteiger partial charge < -0.3 is 14.8 Å². The van der Waals surface area contributed by atoms with Crippen LogP contribution in [0.4, 0.5) is 4.79 Å². The van der Waals surface area contributed by atoms with Gasteiger partial charge in [0, 0.05) is 0 Å². The summed E-state index contributed by atoms with van der Waals surface area (Å²) in [5.41, 5.74) is 0.846. The highest BCUT2D eigenvalue weighted by molar-refractivity contribution is 5.75. The van der Waals surface area contributed by atoms with Gasteiger partial charge in [-0.15, -0.1) is 0 Å². The fourth-order valence-electron chi connectivity index (χ4n) is 2.93. The summed E-state index contributed by atoms with van der Waals surface area (Å²) < 4.78 is 11.1. The lowest BCUT2D eigenvalue weighted by molar-refractivity contribution is -0.159. The van der Waals surface area contributed by atoms with Crippen LogP contribution in [-0.4, -0.2) is 29.3 Å². The summed E-state index contributed by atoms with van der Waals surface area (Å²) in [5.74, 6) is -0.593. The normalized spacial score (nSPS) is 14.8. The van der Waals surface area contributed by atoms with Crippen LogP contribution >= 0.6 is 0 Å². The van der Waals surface area contributed by atoms with Crippen LogP contribution in [0.1, 0.15) is 67.9 Å². The van der Waals surface area contributed by atoms with E-state index in [9.17, 15) is 9.59 Å². The fourth-order valence-corrected chi connectivity index (χ4v) is 2.93. The van der Waals surface area contributed by atoms with E-state index >= 15 is 0 Å². The van der Waals surface area contributed by atoms with Gasteiger partial charge in [0.1, 0.15) is 11.2 Å². The molecular formula is C25H39NO4. The zero-order chi connectivity index (χ0) is 23.1. The number of benzene rings is 1. The van der Waals surface area contributed by atoms with Crippen molar-refractivity contribution in [1.82, 2.24) is 5.32 Å². The molecule has 0 aliphatic heterocycles. The van der Waals surface area contributed by atoms with Gasteiger partial charge in [-0.3, -0.25) is 4.79 Å². The number of hydrogen-bond acceptors (Lipinski definition) is 4. The first-order valence-electron chi connectivity index (χ1n) is 10.6. The average molecular weight is 418 g/mol. The van der Waals surface area contributed by atoms with Crippen LogP contribution in [0.2, 0.25) is 0 Å². The van der Waals surface area contributed by atoms with E-state index < -0.39 is 23.2 Å². The molecular weight excluding hydrogens is 378 g/mol. The zero-order valence-electron chi connectivity index (χ0n) is 20.0. The smallest absolute Gasteiger partial charge is 0.408 e. The first-order chi connectivity index (χ1) is 13.7. The van der Waals surface area contributed by atoms with E-state index in [1.165, 1.54) is 0 Å². The topological polar surface area (TPSA) is 64.6 Å². The first-order valence-corrected chi connectivity index (χ1v) is 10.6. The average Bonchev–Trinajstić information content (AvgIpc) is 2.56. The third-order valence-electron chi connectivity index (χ3n) is 4.36. The SMILES string of the molecule is C/C(=C\[C@H](C(=O)OC(C)(C)C)C(C)C)[C@@H](Cc1ccccc1)NC(=O)OC(C)(C)C. The van der Waals surface area contributed by atoms with Gasteiger partial charge in [0.25, 0.3) is 0 Å².